The normalized spacial score (nSPS) is 13.1. The molecule has 0 aliphatic heterocycles. The molecular weight excluding hydrogens is 418 g/mol. The average Bonchev–Trinajstić information content (AvgIpc) is 2.67. The predicted molar refractivity (Wildman–Crippen MR) is 121 cm³/mol. The molecule has 0 fully saturated rings. The Bertz CT molecular complexity index is 921. The molecule has 0 aliphatic rings. The van der Waals surface area contributed by atoms with Gasteiger partial charge in [0.25, 0.3) is 5.91 Å². The van der Waals surface area contributed by atoms with Crippen molar-refractivity contribution < 1.29 is 19.1 Å². The molecule has 0 aliphatic carbocycles. The van der Waals surface area contributed by atoms with Gasteiger partial charge < -0.3 is 21.1 Å². The zero-order valence-corrected chi connectivity index (χ0v) is 18.8. The van der Waals surface area contributed by atoms with Crippen LogP contribution in [0.5, 0.6) is 0 Å². The topological polar surface area (TPSA) is 111 Å². The smallest absolute Gasteiger partial charge is 0.312 e. The number of hydrogen-bond donors (Lipinski definition) is 3. The first-order valence-electron chi connectivity index (χ1n) is 9.88. The Hall–Kier alpha value is -3.06. The van der Waals surface area contributed by atoms with E-state index in [1.165, 1.54) is 6.92 Å². The number of esters is 1. The lowest BCUT2D eigenvalue weighted by Gasteiger charge is -2.20. The molecule has 2 rings (SSSR count). The monoisotopic (exact) mass is 445 g/mol. The van der Waals surface area contributed by atoms with Crippen molar-refractivity contribution in [2.24, 2.45) is 5.73 Å². The fourth-order valence-electron chi connectivity index (χ4n) is 2.88. The summed E-state index contributed by atoms with van der Waals surface area (Å²) in [6.07, 6.45) is -1.21. The number of rotatable bonds is 7. The first kappa shape index (κ1) is 24.2. The number of urea groups is 1. The van der Waals surface area contributed by atoms with Crippen LogP contribution in [0, 0.1) is 0 Å². The molecule has 0 spiro atoms. The molecule has 4 N–H and O–H groups in total. The summed E-state index contributed by atoms with van der Waals surface area (Å²) in [4.78, 5) is 36.1. The van der Waals surface area contributed by atoms with Gasteiger partial charge in [0, 0.05) is 10.7 Å². The Balaban J connectivity index is 1.96. The van der Waals surface area contributed by atoms with Crippen LogP contribution in [0.15, 0.2) is 48.5 Å². The number of carbonyl (C=O) groups is 3. The van der Waals surface area contributed by atoms with E-state index < -0.39 is 30.1 Å². The van der Waals surface area contributed by atoms with Crippen LogP contribution in [-0.4, -0.2) is 24.0 Å². The summed E-state index contributed by atoms with van der Waals surface area (Å²) in [5.41, 5.74) is 7.60. The minimum absolute atomic E-state index is 0.00490. The van der Waals surface area contributed by atoms with Gasteiger partial charge >= 0.3 is 12.0 Å². The predicted octanol–water partition coefficient (Wildman–Crippen LogP) is 4.31. The summed E-state index contributed by atoms with van der Waals surface area (Å²) in [6, 6.07) is 12.6. The van der Waals surface area contributed by atoms with E-state index in [4.69, 9.17) is 22.1 Å². The van der Waals surface area contributed by atoms with Gasteiger partial charge in [-0.3, -0.25) is 9.59 Å². The van der Waals surface area contributed by atoms with Gasteiger partial charge in [0.2, 0.25) is 0 Å². The number of amides is 3. The molecule has 2 atom stereocenters. The van der Waals surface area contributed by atoms with E-state index in [9.17, 15) is 14.4 Å². The van der Waals surface area contributed by atoms with Gasteiger partial charge in [-0.1, -0.05) is 56.6 Å². The molecule has 0 saturated heterocycles. The maximum Gasteiger partial charge on any atom is 0.312 e. The summed E-state index contributed by atoms with van der Waals surface area (Å²) in [6.45, 7) is 7.79. The highest BCUT2D eigenvalue weighted by Gasteiger charge is 2.23. The molecule has 0 radical (unpaired) electrons. The minimum atomic E-state index is -1.02. The molecule has 0 aromatic heterocycles. The minimum Gasteiger partial charge on any atom is -0.452 e. The Labute approximate surface area is 187 Å². The van der Waals surface area contributed by atoms with E-state index >= 15 is 0 Å². The van der Waals surface area contributed by atoms with Crippen molar-refractivity contribution in [1.82, 2.24) is 5.32 Å². The SMILES string of the molecule is CC(OC(=O)CC(NC(N)=O)c1ccc(Cl)cc1)C(=O)Nc1ccc(C(C)(C)C)cc1. The van der Waals surface area contributed by atoms with Crippen molar-refractivity contribution in [3.63, 3.8) is 0 Å². The Kier molecular flexibility index (Phi) is 8.05. The van der Waals surface area contributed by atoms with Crippen molar-refractivity contribution in [2.75, 3.05) is 5.32 Å². The number of nitrogens with one attached hydrogen (secondary N) is 2. The number of hydrogen-bond acceptors (Lipinski definition) is 4. The van der Waals surface area contributed by atoms with Crippen molar-refractivity contribution in [2.45, 2.75) is 51.7 Å². The highest BCUT2D eigenvalue weighted by molar-refractivity contribution is 6.30. The van der Waals surface area contributed by atoms with E-state index in [1.54, 1.807) is 36.4 Å². The third-order valence-corrected chi connectivity index (χ3v) is 4.91. The quantitative estimate of drug-likeness (QED) is 0.551. The molecule has 0 bridgehead atoms. The second kappa shape index (κ2) is 10.3. The van der Waals surface area contributed by atoms with Gasteiger partial charge in [-0.25, -0.2) is 4.79 Å². The van der Waals surface area contributed by atoms with Crippen molar-refractivity contribution in [1.29, 1.82) is 0 Å². The van der Waals surface area contributed by atoms with Crippen LogP contribution >= 0.6 is 11.6 Å². The number of anilines is 1. The van der Waals surface area contributed by atoms with E-state index in [0.29, 0.717) is 16.3 Å². The van der Waals surface area contributed by atoms with Crippen molar-refractivity contribution >= 4 is 35.2 Å². The van der Waals surface area contributed by atoms with Crippen LogP contribution in [0.2, 0.25) is 5.02 Å². The van der Waals surface area contributed by atoms with Gasteiger partial charge in [-0.05, 0) is 47.7 Å². The molecular formula is C23H28ClN3O4. The van der Waals surface area contributed by atoms with Gasteiger partial charge in [0.15, 0.2) is 6.10 Å². The summed E-state index contributed by atoms with van der Waals surface area (Å²) in [7, 11) is 0. The summed E-state index contributed by atoms with van der Waals surface area (Å²) in [5, 5.41) is 5.75. The lowest BCUT2D eigenvalue weighted by Crippen LogP contribution is -2.36. The van der Waals surface area contributed by atoms with Crippen LogP contribution in [0.25, 0.3) is 0 Å². The number of carbonyl (C=O) groups excluding carboxylic acids is 3. The number of primary amides is 1. The van der Waals surface area contributed by atoms with Crippen molar-refractivity contribution in [3.05, 3.63) is 64.7 Å². The number of benzene rings is 2. The molecule has 2 unspecified atom stereocenters. The fourth-order valence-corrected chi connectivity index (χ4v) is 3.01. The van der Waals surface area contributed by atoms with Crippen LogP contribution in [-0.2, 0) is 19.7 Å². The molecule has 0 heterocycles. The molecule has 2 aromatic carbocycles. The van der Waals surface area contributed by atoms with Crippen LogP contribution in [0.4, 0.5) is 10.5 Å². The number of ether oxygens (including phenoxy) is 1. The summed E-state index contributed by atoms with van der Waals surface area (Å²) < 4.78 is 5.25. The van der Waals surface area contributed by atoms with Crippen LogP contribution in [0.3, 0.4) is 0 Å². The maximum atomic E-state index is 12.4. The third kappa shape index (κ3) is 7.61. The van der Waals surface area contributed by atoms with E-state index in [-0.39, 0.29) is 11.8 Å². The molecule has 2 aromatic rings. The largest absolute Gasteiger partial charge is 0.452 e. The Morgan fingerprint density at radius 1 is 1.03 bits per heavy atom. The van der Waals surface area contributed by atoms with E-state index in [2.05, 4.69) is 31.4 Å². The Morgan fingerprint density at radius 3 is 2.13 bits per heavy atom. The number of nitrogens with two attached hydrogens (primary N) is 1. The fraction of sp³-hybridized carbons (Fsp3) is 0.348. The standard InChI is InChI=1S/C23H28ClN3O4/c1-14(21(29)26-18-11-7-16(8-12-18)23(2,3)4)31-20(28)13-19(27-22(25)30)15-5-9-17(24)10-6-15/h5-12,14,19H,13H2,1-4H3,(H,26,29)(H3,25,27,30). The van der Waals surface area contributed by atoms with E-state index in [1.807, 2.05) is 12.1 Å². The molecule has 8 heteroatoms. The second-order valence-corrected chi connectivity index (χ2v) is 8.70. The highest BCUT2D eigenvalue weighted by atomic mass is 35.5. The summed E-state index contributed by atoms with van der Waals surface area (Å²) in [5.74, 6) is -1.11. The average molecular weight is 446 g/mol. The molecule has 7 nitrogen and oxygen atoms in total. The first-order valence-corrected chi connectivity index (χ1v) is 10.3. The lowest BCUT2D eigenvalue weighted by molar-refractivity contribution is -0.153. The molecule has 0 saturated carbocycles. The van der Waals surface area contributed by atoms with E-state index in [0.717, 1.165) is 5.56 Å². The first-order chi connectivity index (χ1) is 14.5. The lowest BCUT2D eigenvalue weighted by atomic mass is 9.87. The second-order valence-electron chi connectivity index (χ2n) is 8.27. The molecule has 31 heavy (non-hydrogen) atoms. The zero-order valence-electron chi connectivity index (χ0n) is 18.1. The maximum absolute atomic E-state index is 12.4. The van der Waals surface area contributed by atoms with Gasteiger partial charge in [0.05, 0.1) is 12.5 Å². The van der Waals surface area contributed by atoms with Crippen molar-refractivity contribution in [3.8, 4) is 0 Å². The highest BCUT2D eigenvalue weighted by Crippen LogP contribution is 2.24. The van der Waals surface area contributed by atoms with Gasteiger partial charge in [-0.2, -0.15) is 0 Å². The van der Waals surface area contributed by atoms with Gasteiger partial charge in [0.1, 0.15) is 0 Å². The summed E-state index contributed by atoms with van der Waals surface area (Å²) >= 11 is 5.88. The zero-order chi connectivity index (χ0) is 23.2. The van der Waals surface area contributed by atoms with Crippen LogP contribution in [0.1, 0.15) is 51.3 Å². The van der Waals surface area contributed by atoms with Gasteiger partial charge in [-0.15, -0.1) is 0 Å². The molecule has 3 amide bonds. The number of halogens is 1. The third-order valence-electron chi connectivity index (χ3n) is 4.66. The van der Waals surface area contributed by atoms with Crippen LogP contribution < -0.4 is 16.4 Å². The molecule has 166 valence electrons. The Morgan fingerprint density at radius 2 is 1.61 bits per heavy atom.